The molecule has 1 N–H and O–H groups in total. The Morgan fingerprint density at radius 2 is 2.06 bits per heavy atom. The Bertz CT molecular complexity index is 611. The van der Waals surface area contributed by atoms with Gasteiger partial charge in [0.25, 0.3) is 0 Å². The normalized spacial score (nSPS) is 12.2. The summed E-state index contributed by atoms with van der Waals surface area (Å²) in [6.45, 7) is 0. The van der Waals surface area contributed by atoms with Gasteiger partial charge in [0.2, 0.25) is 5.28 Å². The summed E-state index contributed by atoms with van der Waals surface area (Å²) in [6, 6.07) is 6.06. The molecule has 1 aromatic heterocycles. The summed E-state index contributed by atoms with van der Waals surface area (Å²) in [7, 11) is 1.90. The standard InChI is InChI=1S/C12H9Cl2N3/c1-15-8-4-2-3-6-7(8)5-9-10(6)11(13)17-12(14)16-9/h2-4,15H,5H2,1H3. The van der Waals surface area contributed by atoms with Crippen molar-refractivity contribution in [3.05, 3.63) is 39.9 Å². The molecule has 0 atom stereocenters. The lowest BCUT2D eigenvalue weighted by atomic mass is 10.1. The van der Waals surface area contributed by atoms with E-state index in [1.54, 1.807) is 0 Å². The highest BCUT2D eigenvalue weighted by atomic mass is 35.5. The number of benzene rings is 1. The molecule has 2 aromatic rings. The first-order valence-electron chi connectivity index (χ1n) is 5.22. The van der Waals surface area contributed by atoms with Crippen molar-refractivity contribution < 1.29 is 0 Å². The number of anilines is 1. The second kappa shape index (κ2) is 3.86. The molecule has 0 amide bonds. The molecular formula is C12H9Cl2N3. The topological polar surface area (TPSA) is 37.8 Å². The van der Waals surface area contributed by atoms with E-state index >= 15 is 0 Å². The zero-order valence-electron chi connectivity index (χ0n) is 9.09. The highest BCUT2D eigenvalue weighted by molar-refractivity contribution is 6.34. The van der Waals surface area contributed by atoms with Gasteiger partial charge >= 0.3 is 0 Å². The molecule has 0 spiro atoms. The van der Waals surface area contributed by atoms with E-state index in [0.717, 1.165) is 28.9 Å². The first-order valence-corrected chi connectivity index (χ1v) is 5.98. The Kier molecular flexibility index (Phi) is 2.45. The molecule has 1 aromatic carbocycles. The second-order valence-electron chi connectivity index (χ2n) is 3.86. The summed E-state index contributed by atoms with van der Waals surface area (Å²) in [4.78, 5) is 8.25. The predicted molar refractivity (Wildman–Crippen MR) is 69.8 cm³/mol. The monoisotopic (exact) mass is 265 g/mol. The van der Waals surface area contributed by atoms with E-state index < -0.39 is 0 Å². The Balaban J connectivity index is 2.29. The summed E-state index contributed by atoms with van der Waals surface area (Å²) < 4.78 is 0. The third-order valence-electron chi connectivity index (χ3n) is 2.97. The van der Waals surface area contributed by atoms with Crippen molar-refractivity contribution in [1.29, 1.82) is 0 Å². The number of aromatic nitrogens is 2. The lowest BCUT2D eigenvalue weighted by Crippen LogP contribution is -1.94. The molecule has 3 nitrogen and oxygen atoms in total. The van der Waals surface area contributed by atoms with E-state index in [0.29, 0.717) is 5.15 Å². The maximum atomic E-state index is 6.14. The van der Waals surface area contributed by atoms with Crippen molar-refractivity contribution in [3.8, 4) is 11.1 Å². The minimum absolute atomic E-state index is 0.201. The van der Waals surface area contributed by atoms with Gasteiger partial charge in [0.15, 0.2) is 0 Å². The van der Waals surface area contributed by atoms with Crippen LogP contribution in [0.25, 0.3) is 11.1 Å². The van der Waals surface area contributed by atoms with Gasteiger partial charge in [-0.3, -0.25) is 0 Å². The van der Waals surface area contributed by atoms with Crippen molar-refractivity contribution in [2.45, 2.75) is 6.42 Å². The molecule has 0 aliphatic heterocycles. The number of nitrogens with one attached hydrogen (secondary N) is 1. The number of hydrogen-bond donors (Lipinski definition) is 1. The molecule has 0 saturated carbocycles. The maximum absolute atomic E-state index is 6.14. The maximum Gasteiger partial charge on any atom is 0.224 e. The van der Waals surface area contributed by atoms with Crippen LogP contribution in [0, 0.1) is 0 Å². The molecule has 0 unspecified atom stereocenters. The van der Waals surface area contributed by atoms with Crippen LogP contribution in [0.4, 0.5) is 5.69 Å². The largest absolute Gasteiger partial charge is 0.388 e. The van der Waals surface area contributed by atoms with Crippen molar-refractivity contribution in [2.24, 2.45) is 0 Å². The third-order valence-corrected chi connectivity index (χ3v) is 3.41. The molecule has 1 aliphatic rings. The molecule has 17 heavy (non-hydrogen) atoms. The Morgan fingerprint density at radius 1 is 1.24 bits per heavy atom. The first-order chi connectivity index (χ1) is 8.20. The summed E-state index contributed by atoms with van der Waals surface area (Å²) in [6.07, 6.45) is 0.740. The Hall–Kier alpha value is -1.32. The molecule has 0 radical (unpaired) electrons. The van der Waals surface area contributed by atoms with Gasteiger partial charge in [-0.15, -0.1) is 0 Å². The average Bonchev–Trinajstić information content (AvgIpc) is 2.66. The predicted octanol–water partition coefficient (Wildman–Crippen LogP) is 3.40. The van der Waals surface area contributed by atoms with E-state index in [-0.39, 0.29) is 5.28 Å². The highest BCUT2D eigenvalue weighted by Gasteiger charge is 2.25. The summed E-state index contributed by atoms with van der Waals surface area (Å²) in [5.74, 6) is 0. The van der Waals surface area contributed by atoms with Crippen LogP contribution in [-0.4, -0.2) is 17.0 Å². The number of hydrogen-bond acceptors (Lipinski definition) is 3. The van der Waals surface area contributed by atoms with Crippen molar-refractivity contribution >= 4 is 28.9 Å². The molecule has 86 valence electrons. The molecule has 5 heteroatoms. The zero-order chi connectivity index (χ0) is 12.0. The quantitative estimate of drug-likeness (QED) is 0.542. The van der Waals surface area contributed by atoms with Crippen LogP contribution in [0.2, 0.25) is 10.4 Å². The fourth-order valence-electron chi connectivity index (χ4n) is 2.26. The Labute approximate surface area is 109 Å². The van der Waals surface area contributed by atoms with Crippen LogP contribution < -0.4 is 5.32 Å². The van der Waals surface area contributed by atoms with Crippen LogP contribution in [0.15, 0.2) is 18.2 Å². The molecule has 0 fully saturated rings. The second-order valence-corrected chi connectivity index (χ2v) is 4.56. The lowest BCUT2D eigenvalue weighted by Gasteiger charge is -2.07. The molecule has 1 aliphatic carbocycles. The van der Waals surface area contributed by atoms with Crippen LogP contribution in [0.3, 0.4) is 0 Å². The van der Waals surface area contributed by atoms with Gasteiger partial charge < -0.3 is 5.32 Å². The van der Waals surface area contributed by atoms with Gasteiger partial charge in [0, 0.05) is 24.7 Å². The van der Waals surface area contributed by atoms with Gasteiger partial charge in [0.1, 0.15) is 5.15 Å². The van der Waals surface area contributed by atoms with Gasteiger partial charge in [-0.2, -0.15) is 0 Å². The first kappa shape index (κ1) is 10.8. The van der Waals surface area contributed by atoms with Crippen LogP contribution in [-0.2, 0) is 6.42 Å². The number of fused-ring (bicyclic) bond motifs is 3. The minimum atomic E-state index is 0.201. The average molecular weight is 266 g/mol. The van der Waals surface area contributed by atoms with Gasteiger partial charge in [-0.25, -0.2) is 9.97 Å². The smallest absolute Gasteiger partial charge is 0.224 e. The van der Waals surface area contributed by atoms with Crippen molar-refractivity contribution in [3.63, 3.8) is 0 Å². The van der Waals surface area contributed by atoms with Crippen LogP contribution in [0.1, 0.15) is 11.3 Å². The minimum Gasteiger partial charge on any atom is -0.388 e. The fraction of sp³-hybridized carbons (Fsp3) is 0.167. The number of halogens is 2. The van der Waals surface area contributed by atoms with Crippen molar-refractivity contribution in [1.82, 2.24) is 9.97 Å². The van der Waals surface area contributed by atoms with E-state index in [1.165, 1.54) is 5.56 Å². The van der Waals surface area contributed by atoms with Crippen LogP contribution >= 0.6 is 23.2 Å². The van der Waals surface area contributed by atoms with Gasteiger partial charge in [0.05, 0.1) is 5.69 Å². The molecule has 3 rings (SSSR count). The number of nitrogens with zero attached hydrogens (tertiary/aromatic N) is 2. The summed E-state index contributed by atoms with van der Waals surface area (Å²) in [5, 5.41) is 3.80. The van der Waals surface area contributed by atoms with E-state index in [1.807, 2.05) is 25.2 Å². The zero-order valence-corrected chi connectivity index (χ0v) is 10.6. The molecular weight excluding hydrogens is 257 g/mol. The Morgan fingerprint density at radius 3 is 2.82 bits per heavy atom. The van der Waals surface area contributed by atoms with Gasteiger partial charge in [-0.1, -0.05) is 23.7 Å². The van der Waals surface area contributed by atoms with E-state index in [2.05, 4.69) is 15.3 Å². The fourth-order valence-corrected chi connectivity index (χ4v) is 2.78. The highest BCUT2D eigenvalue weighted by Crippen LogP contribution is 2.42. The molecule has 1 heterocycles. The lowest BCUT2D eigenvalue weighted by molar-refractivity contribution is 1.07. The SMILES string of the molecule is CNc1cccc2c1Cc1nc(Cl)nc(Cl)c1-2. The number of rotatable bonds is 1. The van der Waals surface area contributed by atoms with Crippen molar-refractivity contribution in [2.75, 3.05) is 12.4 Å². The summed E-state index contributed by atoms with van der Waals surface area (Å²) >= 11 is 12.0. The third kappa shape index (κ3) is 1.58. The van der Waals surface area contributed by atoms with E-state index in [9.17, 15) is 0 Å². The molecule has 0 saturated heterocycles. The van der Waals surface area contributed by atoms with Crippen LogP contribution in [0.5, 0.6) is 0 Å². The van der Waals surface area contributed by atoms with E-state index in [4.69, 9.17) is 23.2 Å². The summed E-state index contributed by atoms with van der Waals surface area (Å²) in [5.41, 5.74) is 5.18. The molecule has 0 bridgehead atoms. The van der Waals surface area contributed by atoms with Gasteiger partial charge in [-0.05, 0) is 28.8 Å².